The summed E-state index contributed by atoms with van der Waals surface area (Å²) < 4.78 is 14.1. The Morgan fingerprint density at radius 3 is 2.61 bits per heavy atom. The highest BCUT2D eigenvalue weighted by molar-refractivity contribution is 5.99. The van der Waals surface area contributed by atoms with Crippen LogP contribution in [0, 0.1) is 15.9 Å². The number of carbonyl (C=O) groups excluding carboxylic acids is 2. The largest absolute Gasteiger partial charge is 0.353 e. The molecule has 0 radical (unpaired) electrons. The van der Waals surface area contributed by atoms with Crippen molar-refractivity contribution in [2.45, 2.75) is 19.3 Å². The van der Waals surface area contributed by atoms with Gasteiger partial charge in [-0.05, 0) is 54.8 Å². The predicted octanol–water partition coefficient (Wildman–Crippen LogP) is 5.21. The molecule has 0 fully saturated rings. The number of H-pyrrole nitrogens is 1. The molecule has 2 amide bonds. The number of halogens is 1. The molecule has 0 bridgehead atoms. The first kappa shape index (κ1) is 24.6. The normalized spacial score (nSPS) is 11.0. The van der Waals surface area contributed by atoms with Crippen LogP contribution in [0.15, 0.2) is 78.9 Å². The number of nitro benzene ring substituents is 1. The van der Waals surface area contributed by atoms with Gasteiger partial charge in [-0.25, -0.2) is 9.37 Å². The van der Waals surface area contributed by atoms with E-state index in [9.17, 15) is 24.1 Å². The zero-order valence-corrected chi connectivity index (χ0v) is 20.0. The molecule has 0 aliphatic heterocycles. The number of aromatic amines is 1. The number of hydrogen-bond acceptors (Lipinski definition) is 5. The number of benzene rings is 3. The molecule has 9 nitrogen and oxygen atoms in total. The van der Waals surface area contributed by atoms with Crippen molar-refractivity contribution < 1.29 is 18.9 Å². The van der Waals surface area contributed by atoms with Crippen LogP contribution < -0.4 is 10.9 Å². The Bertz CT molecular complexity index is 1700. The number of fused-ring (bicyclic) bond motifs is 2. The second-order valence-corrected chi connectivity index (χ2v) is 8.69. The second-order valence-electron chi connectivity index (χ2n) is 8.69. The lowest BCUT2D eigenvalue weighted by Crippen LogP contribution is -2.41. The van der Waals surface area contributed by atoms with E-state index in [1.165, 1.54) is 36.4 Å². The Morgan fingerprint density at radius 2 is 1.76 bits per heavy atom. The number of hydrazine groups is 1. The van der Waals surface area contributed by atoms with E-state index in [1.54, 1.807) is 6.07 Å². The number of para-hydroxylation sites is 2. The Labute approximate surface area is 215 Å². The van der Waals surface area contributed by atoms with Crippen LogP contribution in [0.3, 0.4) is 0 Å². The molecule has 3 N–H and O–H groups in total. The first-order chi connectivity index (χ1) is 18.4. The van der Waals surface area contributed by atoms with E-state index < -0.39 is 16.7 Å². The summed E-state index contributed by atoms with van der Waals surface area (Å²) in [5.41, 5.74) is 7.87. The fourth-order valence-corrected chi connectivity index (χ4v) is 4.41. The Hall–Kier alpha value is -5.12. The molecule has 190 valence electrons. The maximum Gasteiger partial charge on any atom is 0.282 e. The van der Waals surface area contributed by atoms with E-state index >= 15 is 0 Å². The van der Waals surface area contributed by atoms with Crippen molar-refractivity contribution in [2.75, 3.05) is 0 Å². The van der Waals surface area contributed by atoms with Crippen LogP contribution in [0.2, 0.25) is 0 Å². The van der Waals surface area contributed by atoms with Crippen molar-refractivity contribution in [3.8, 4) is 11.4 Å². The lowest BCUT2D eigenvalue weighted by Gasteiger charge is -2.09. The molecule has 0 aliphatic rings. The minimum Gasteiger partial charge on any atom is -0.353 e. The van der Waals surface area contributed by atoms with Gasteiger partial charge in [-0.2, -0.15) is 0 Å². The zero-order valence-electron chi connectivity index (χ0n) is 20.0. The fraction of sp³-hybridized carbons (Fsp3) is 0.107. The number of nitrogens with one attached hydrogen (secondary N) is 3. The van der Waals surface area contributed by atoms with E-state index in [0.29, 0.717) is 23.9 Å². The quantitative estimate of drug-likeness (QED) is 0.204. The van der Waals surface area contributed by atoms with Crippen LogP contribution >= 0.6 is 0 Å². The van der Waals surface area contributed by atoms with Gasteiger partial charge in [0.05, 0.1) is 21.8 Å². The summed E-state index contributed by atoms with van der Waals surface area (Å²) in [5, 5.41) is 12.8. The number of pyridine rings is 1. The van der Waals surface area contributed by atoms with Gasteiger partial charge in [-0.3, -0.25) is 30.6 Å². The minimum atomic E-state index is -0.789. The summed E-state index contributed by atoms with van der Waals surface area (Å²) in [6, 6.07) is 21.6. The Morgan fingerprint density at radius 1 is 0.974 bits per heavy atom. The van der Waals surface area contributed by atoms with Crippen molar-refractivity contribution in [2.24, 2.45) is 0 Å². The molecule has 3 aromatic carbocycles. The van der Waals surface area contributed by atoms with E-state index in [1.807, 2.05) is 36.4 Å². The number of carbonyl (C=O) groups is 2. The van der Waals surface area contributed by atoms with Crippen molar-refractivity contribution >= 4 is 39.3 Å². The summed E-state index contributed by atoms with van der Waals surface area (Å²) in [4.78, 5) is 43.3. The lowest BCUT2D eigenvalue weighted by atomic mass is 10.0. The number of hydrogen-bond donors (Lipinski definition) is 3. The highest BCUT2D eigenvalue weighted by Gasteiger charge is 2.20. The van der Waals surface area contributed by atoms with Gasteiger partial charge in [0.15, 0.2) is 0 Å². The van der Waals surface area contributed by atoms with Crippen molar-refractivity contribution in [1.29, 1.82) is 0 Å². The number of aryl methyl sites for hydroxylation is 1. The van der Waals surface area contributed by atoms with Crippen LogP contribution in [0.5, 0.6) is 0 Å². The molecule has 5 aromatic rings. The third-order valence-electron chi connectivity index (χ3n) is 6.21. The summed E-state index contributed by atoms with van der Waals surface area (Å²) in [6.45, 7) is 0. The van der Waals surface area contributed by atoms with Gasteiger partial charge in [0, 0.05) is 28.8 Å². The first-order valence-electron chi connectivity index (χ1n) is 11.9. The van der Waals surface area contributed by atoms with Crippen molar-refractivity contribution in [3.63, 3.8) is 0 Å². The van der Waals surface area contributed by atoms with Gasteiger partial charge in [0.25, 0.3) is 11.6 Å². The number of aromatic nitrogens is 2. The van der Waals surface area contributed by atoms with Crippen LogP contribution in [-0.4, -0.2) is 26.7 Å². The van der Waals surface area contributed by atoms with Gasteiger partial charge in [0.2, 0.25) is 5.91 Å². The molecule has 0 saturated heterocycles. The highest BCUT2D eigenvalue weighted by atomic mass is 19.1. The van der Waals surface area contributed by atoms with E-state index in [2.05, 4.69) is 15.8 Å². The van der Waals surface area contributed by atoms with Crippen molar-refractivity contribution in [1.82, 2.24) is 20.8 Å². The molecular weight excluding hydrogens is 489 g/mol. The van der Waals surface area contributed by atoms with E-state index in [4.69, 9.17) is 4.98 Å². The molecule has 10 heteroatoms. The average Bonchev–Trinajstić information content (AvgIpc) is 3.29. The van der Waals surface area contributed by atoms with Gasteiger partial charge in [-0.15, -0.1) is 0 Å². The molecule has 5 rings (SSSR count). The summed E-state index contributed by atoms with van der Waals surface area (Å²) in [6.07, 6.45) is 0.903. The Kier molecular flexibility index (Phi) is 6.77. The number of nitrogens with zero attached hydrogens (tertiary/aromatic N) is 2. The van der Waals surface area contributed by atoms with Crippen molar-refractivity contribution in [3.05, 3.63) is 106 Å². The first-order valence-corrected chi connectivity index (χ1v) is 11.9. The fourth-order valence-electron chi connectivity index (χ4n) is 4.41. The van der Waals surface area contributed by atoms with Gasteiger partial charge in [-0.1, -0.05) is 36.4 Å². The SMILES string of the molecule is O=C(CCCc1c(-c2ccc3ccccc3n2)[nH]c2ccc(F)cc12)NNC(=O)c1ccccc1[N+](=O)[O-]. The topological polar surface area (TPSA) is 130 Å². The number of rotatable bonds is 7. The maximum absolute atomic E-state index is 14.1. The summed E-state index contributed by atoms with van der Waals surface area (Å²) in [7, 11) is 0. The summed E-state index contributed by atoms with van der Waals surface area (Å²) in [5.74, 6) is -1.62. The zero-order chi connectivity index (χ0) is 26.6. The van der Waals surface area contributed by atoms with Gasteiger partial charge in [0.1, 0.15) is 11.4 Å². The second kappa shape index (κ2) is 10.5. The van der Waals surface area contributed by atoms with Gasteiger partial charge >= 0.3 is 0 Å². The standard InChI is InChI=1S/C28H22FN5O4/c29-18-13-15-23-21(16-18)19(27(31-23)24-14-12-17-6-1-3-9-22(17)30-24)8-5-11-26(35)32-33-28(36)20-7-2-4-10-25(20)34(37)38/h1-4,6-7,9-10,12-16,31H,5,8,11H2,(H,32,35)(H,33,36). The molecule has 2 heterocycles. The van der Waals surface area contributed by atoms with Crippen LogP contribution in [0.25, 0.3) is 33.2 Å². The highest BCUT2D eigenvalue weighted by Crippen LogP contribution is 2.32. The minimum absolute atomic E-state index is 0.0593. The molecule has 0 unspecified atom stereocenters. The predicted molar refractivity (Wildman–Crippen MR) is 141 cm³/mol. The number of nitro groups is 1. The van der Waals surface area contributed by atoms with Crippen LogP contribution in [0.1, 0.15) is 28.8 Å². The molecule has 0 aliphatic carbocycles. The molecular formula is C28H22FN5O4. The Balaban J connectivity index is 1.30. The summed E-state index contributed by atoms with van der Waals surface area (Å²) >= 11 is 0. The molecule has 0 atom stereocenters. The van der Waals surface area contributed by atoms with Crippen LogP contribution in [0.4, 0.5) is 10.1 Å². The monoisotopic (exact) mass is 511 g/mol. The maximum atomic E-state index is 14.1. The molecule has 2 aromatic heterocycles. The number of amides is 2. The third kappa shape index (κ3) is 5.05. The third-order valence-corrected chi connectivity index (χ3v) is 6.21. The lowest BCUT2D eigenvalue weighted by molar-refractivity contribution is -0.385. The smallest absolute Gasteiger partial charge is 0.282 e. The van der Waals surface area contributed by atoms with E-state index in [-0.39, 0.29) is 23.5 Å². The van der Waals surface area contributed by atoms with E-state index in [0.717, 1.165) is 27.7 Å². The molecule has 0 spiro atoms. The molecule has 0 saturated carbocycles. The van der Waals surface area contributed by atoms with Crippen LogP contribution in [-0.2, 0) is 11.2 Å². The average molecular weight is 512 g/mol. The molecule has 38 heavy (non-hydrogen) atoms. The van der Waals surface area contributed by atoms with Gasteiger partial charge < -0.3 is 4.98 Å².